The van der Waals surface area contributed by atoms with Gasteiger partial charge in [-0.3, -0.25) is 10.1 Å². The number of ether oxygens (including phenoxy) is 1. The molecule has 3 amide bonds. The van der Waals surface area contributed by atoms with Crippen LogP contribution in [0.4, 0.5) is 4.79 Å². The Morgan fingerprint density at radius 2 is 2.27 bits per heavy atom. The van der Waals surface area contributed by atoms with Gasteiger partial charge in [0.1, 0.15) is 5.88 Å². The number of nitrogens with zero attached hydrogens (tertiary/aromatic N) is 1. The van der Waals surface area contributed by atoms with Crippen LogP contribution in [0.2, 0.25) is 0 Å². The fourth-order valence-electron chi connectivity index (χ4n) is 1.62. The maximum atomic E-state index is 11.5. The van der Waals surface area contributed by atoms with Gasteiger partial charge in [0, 0.05) is 13.7 Å². The summed E-state index contributed by atoms with van der Waals surface area (Å²) in [5, 5.41) is 2.19. The van der Waals surface area contributed by atoms with E-state index in [2.05, 4.69) is 5.32 Å². The molecule has 1 rings (SSSR count). The van der Waals surface area contributed by atoms with E-state index in [0.29, 0.717) is 6.61 Å². The molecule has 0 saturated carbocycles. The van der Waals surface area contributed by atoms with E-state index in [1.807, 2.05) is 6.92 Å². The Balaban J connectivity index is 2.48. The number of alkyl halides is 1. The normalized spacial score (nSPS) is 25.0. The highest BCUT2D eigenvalue weighted by molar-refractivity contribution is 6.28. The lowest BCUT2D eigenvalue weighted by Gasteiger charge is -2.26. The summed E-state index contributed by atoms with van der Waals surface area (Å²) in [6.07, 6.45) is 0.798. The molecule has 1 saturated heterocycles. The van der Waals surface area contributed by atoms with Crippen LogP contribution < -0.4 is 5.32 Å². The van der Waals surface area contributed by atoms with Crippen molar-refractivity contribution >= 4 is 23.5 Å². The molecule has 1 aliphatic heterocycles. The van der Waals surface area contributed by atoms with Crippen molar-refractivity contribution in [2.45, 2.75) is 25.5 Å². The van der Waals surface area contributed by atoms with Crippen molar-refractivity contribution in [1.82, 2.24) is 10.2 Å². The highest BCUT2D eigenvalue weighted by Crippen LogP contribution is 2.17. The van der Waals surface area contributed by atoms with E-state index in [0.717, 1.165) is 6.42 Å². The monoisotopic (exact) mass is 234 g/mol. The van der Waals surface area contributed by atoms with Crippen LogP contribution in [0.3, 0.4) is 0 Å². The second-order valence-corrected chi connectivity index (χ2v) is 3.80. The quantitative estimate of drug-likeness (QED) is 0.711. The Morgan fingerprint density at radius 3 is 2.73 bits per heavy atom. The van der Waals surface area contributed by atoms with E-state index in [9.17, 15) is 9.59 Å². The highest BCUT2D eigenvalue weighted by atomic mass is 35.5. The van der Waals surface area contributed by atoms with Gasteiger partial charge in [-0.25, -0.2) is 4.79 Å². The molecule has 2 atom stereocenters. The lowest BCUT2D eigenvalue weighted by Crippen LogP contribution is -2.48. The predicted octanol–water partition coefficient (Wildman–Crippen LogP) is 0.571. The molecule has 0 bridgehead atoms. The lowest BCUT2D eigenvalue weighted by molar-refractivity contribution is -0.117. The smallest absolute Gasteiger partial charge is 0.324 e. The zero-order valence-corrected chi connectivity index (χ0v) is 9.58. The predicted molar refractivity (Wildman–Crippen MR) is 55.8 cm³/mol. The minimum atomic E-state index is -0.486. The summed E-state index contributed by atoms with van der Waals surface area (Å²) in [6.45, 7) is 2.55. The van der Waals surface area contributed by atoms with Crippen molar-refractivity contribution in [3.63, 3.8) is 0 Å². The van der Waals surface area contributed by atoms with Gasteiger partial charge < -0.3 is 9.64 Å². The van der Waals surface area contributed by atoms with Gasteiger partial charge in [-0.2, -0.15) is 0 Å². The molecule has 0 aromatic heterocycles. The summed E-state index contributed by atoms with van der Waals surface area (Å²) < 4.78 is 5.34. The number of amides is 3. The molecule has 0 aliphatic carbocycles. The number of likely N-dealkylation sites (N-methyl/N-ethyl adjacent to an activating group) is 1. The fraction of sp³-hybridized carbons (Fsp3) is 0.778. The molecule has 0 aromatic rings. The molecule has 6 heteroatoms. The zero-order chi connectivity index (χ0) is 11.4. The number of rotatable bonds is 2. The number of urea groups is 1. The Bertz CT molecular complexity index is 260. The van der Waals surface area contributed by atoms with Gasteiger partial charge in [0.25, 0.3) is 0 Å². The van der Waals surface area contributed by atoms with E-state index in [4.69, 9.17) is 16.3 Å². The topological polar surface area (TPSA) is 58.6 Å². The van der Waals surface area contributed by atoms with Crippen molar-refractivity contribution < 1.29 is 14.3 Å². The molecular weight excluding hydrogens is 220 g/mol. The standard InChI is InChI=1S/C9H15ClN2O3/c1-6-7(3-4-15-6)12(2)9(14)11-8(13)5-10/h6-7H,3-5H2,1-2H3,(H,11,13,14). The van der Waals surface area contributed by atoms with E-state index in [1.165, 1.54) is 4.90 Å². The molecule has 2 unspecified atom stereocenters. The van der Waals surface area contributed by atoms with Crippen LogP contribution in [0.1, 0.15) is 13.3 Å². The minimum absolute atomic E-state index is 0.00635. The average Bonchev–Trinajstić information content (AvgIpc) is 2.63. The summed E-state index contributed by atoms with van der Waals surface area (Å²) in [5.41, 5.74) is 0. The highest BCUT2D eigenvalue weighted by Gasteiger charge is 2.30. The summed E-state index contributed by atoms with van der Waals surface area (Å²) in [5.74, 6) is -0.698. The van der Waals surface area contributed by atoms with Gasteiger partial charge in [0.2, 0.25) is 5.91 Å². The number of imide groups is 1. The molecule has 5 nitrogen and oxygen atoms in total. The molecular formula is C9H15ClN2O3. The molecule has 15 heavy (non-hydrogen) atoms. The summed E-state index contributed by atoms with van der Waals surface area (Å²) in [4.78, 5) is 23.9. The third-order valence-electron chi connectivity index (χ3n) is 2.52. The van der Waals surface area contributed by atoms with E-state index >= 15 is 0 Å². The third-order valence-corrected chi connectivity index (χ3v) is 2.76. The maximum Gasteiger partial charge on any atom is 0.324 e. The van der Waals surface area contributed by atoms with Crippen LogP contribution >= 0.6 is 11.6 Å². The molecule has 0 spiro atoms. The zero-order valence-electron chi connectivity index (χ0n) is 8.83. The number of hydrogen-bond donors (Lipinski definition) is 1. The van der Waals surface area contributed by atoms with Crippen molar-refractivity contribution in [2.24, 2.45) is 0 Å². The van der Waals surface area contributed by atoms with Crippen LogP contribution in [-0.4, -0.2) is 48.5 Å². The van der Waals surface area contributed by atoms with Crippen molar-refractivity contribution in [2.75, 3.05) is 19.5 Å². The van der Waals surface area contributed by atoms with Crippen LogP contribution in [0.25, 0.3) is 0 Å². The van der Waals surface area contributed by atoms with Gasteiger partial charge in [-0.05, 0) is 13.3 Å². The van der Waals surface area contributed by atoms with E-state index < -0.39 is 11.9 Å². The number of carbonyl (C=O) groups is 2. The Morgan fingerprint density at radius 1 is 1.60 bits per heavy atom. The molecule has 1 N–H and O–H groups in total. The number of halogens is 1. The van der Waals surface area contributed by atoms with Gasteiger partial charge in [-0.1, -0.05) is 0 Å². The summed E-state index contributed by atoms with van der Waals surface area (Å²) in [7, 11) is 1.65. The average molecular weight is 235 g/mol. The van der Waals surface area contributed by atoms with Crippen LogP contribution in [0.15, 0.2) is 0 Å². The van der Waals surface area contributed by atoms with E-state index in [1.54, 1.807) is 7.05 Å². The first kappa shape index (κ1) is 12.3. The van der Waals surface area contributed by atoms with Crippen molar-refractivity contribution in [1.29, 1.82) is 0 Å². The van der Waals surface area contributed by atoms with Gasteiger partial charge in [-0.15, -0.1) is 11.6 Å². The number of hydrogen-bond acceptors (Lipinski definition) is 3. The molecule has 1 aliphatic rings. The Hall–Kier alpha value is -0.810. The van der Waals surface area contributed by atoms with Crippen LogP contribution in [-0.2, 0) is 9.53 Å². The van der Waals surface area contributed by atoms with Gasteiger partial charge in [0.05, 0.1) is 12.1 Å². The Labute approximate surface area is 93.7 Å². The lowest BCUT2D eigenvalue weighted by atomic mass is 10.1. The molecule has 86 valence electrons. The summed E-state index contributed by atoms with van der Waals surface area (Å²) in [6, 6.07) is -0.406. The van der Waals surface area contributed by atoms with Crippen molar-refractivity contribution in [3.8, 4) is 0 Å². The molecule has 0 radical (unpaired) electrons. The minimum Gasteiger partial charge on any atom is -0.376 e. The number of nitrogens with one attached hydrogen (secondary N) is 1. The van der Waals surface area contributed by atoms with Gasteiger partial charge >= 0.3 is 6.03 Å². The van der Waals surface area contributed by atoms with E-state index in [-0.39, 0.29) is 18.0 Å². The molecule has 1 heterocycles. The Kier molecular flexibility index (Phi) is 4.35. The maximum absolute atomic E-state index is 11.5. The first-order chi connectivity index (χ1) is 7.06. The first-order valence-electron chi connectivity index (χ1n) is 4.80. The first-order valence-corrected chi connectivity index (χ1v) is 5.34. The fourth-order valence-corrected chi connectivity index (χ4v) is 1.69. The van der Waals surface area contributed by atoms with Gasteiger partial charge in [0.15, 0.2) is 0 Å². The van der Waals surface area contributed by atoms with Crippen LogP contribution in [0.5, 0.6) is 0 Å². The SMILES string of the molecule is CC1OCCC1N(C)C(=O)NC(=O)CCl. The van der Waals surface area contributed by atoms with Crippen molar-refractivity contribution in [3.05, 3.63) is 0 Å². The molecule has 1 fully saturated rings. The second kappa shape index (κ2) is 5.32. The summed E-state index contributed by atoms with van der Waals surface area (Å²) >= 11 is 5.28. The number of carbonyl (C=O) groups excluding carboxylic acids is 2. The largest absolute Gasteiger partial charge is 0.376 e. The molecule has 0 aromatic carbocycles. The third kappa shape index (κ3) is 3.07. The van der Waals surface area contributed by atoms with Crippen LogP contribution in [0, 0.1) is 0 Å². The second-order valence-electron chi connectivity index (χ2n) is 3.53.